The maximum atomic E-state index is 11.7. The number of fused-ring (bicyclic) bond motifs is 1. The number of halogens is 1. The second-order valence-electron chi connectivity index (χ2n) is 5.00. The Hall–Kier alpha value is -2.20. The van der Waals surface area contributed by atoms with Crippen LogP contribution in [0.15, 0.2) is 59.1 Å². The average molecular weight is 356 g/mol. The SMILES string of the molecule is CC(=O)c1cc(OCc2ccccc2)c2cc(Br)ccc2n1. The molecule has 2 aromatic carbocycles. The highest BCUT2D eigenvalue weighted by atomic mass is 79.9. The molecular weight excluding hydrogens is 342 g/mol. The molecule has 4 heteroatoms. The van der Waals surface area contributed by atoms with E-state index in [1.54, 1.807) is 6.07 Å². The van der Waals surface area contributed by atoms with E-state index in [1.807, 2.05) is 48.5 Å². The molecule has 22 heavy (non-hydrogen) atoms. The molecule has 110 valence electrons. The van der Waals surface area contributed by atoms with Crippen LogP contribution in [0, 0.1) is 0 Å². The van der Waals surface area contributed by atoms with Gasteiger partial charge in [-0.25, -0.2) is 4.98 Å². The third kappa shape index (κ3) is 3.17. The Morgan fingerprint density at radius 1 is 1.14 bits per heavy atom. The fourth-order valence-corrected chi connectivity index (χ4v) is 2.56. The summed E-state index contributed by atoms with van der Waals surface area (Å²) in [6, 6.07) is 17.4. The van der Waals surface area contributed by atoms with Gasteiger partial charge in [0.15, 0.2) is 5.78 Å². The highest BCUT2D eigenvalue weighted by molar-refractivity contribution is 9.10. The summed E-state index contributed by atoms with van der Waals surface area (Å²) in [5.74, 6) is 0.592. The second kappa shape index (κ2) is 6.28. The smallest absolute Gasteiger partial charge is 0.178 e. The molecule has 1 heterocycles. The van der Waals surface area contributed by atoms with Crippen LogP contribution in [0.2, 0.25) is 0 Å². The number of hydrogen-bond acceptors (Lipinski definition) is 3. The van der Waals surface area contributed by atoms with Gasteiger partial charge in [0.1, 0.15) is 18.1 Å². The Morgan fingerprint density at radius 2 is 1.91 bits per heavy atom. The number of carbonyl (C=O) groups excluding carboxylic acids is 1. The third-order valence-corrected chi connectivity index (χ3v) is 3.82. The topological polar surface area (TPSA) is 39.2 Å². The van der Waals surface area contributed by atoms with Gasteiger partial charge in [-0.3, -0.25) is 4.79 Å². The minimum absolute atomic E-state index is 0.0746. The highest BCUT2D eigenvalue weighted by Crippen LogP contribution is 2.29. The number of Topliss-reactive ketones (excluding diaryl/α,β-unsaturated/α-hetero) is 1. The first-order valence-electron chi connectivity index (χ1n) is 6.91. The van der Waals surface area contributed by atoms with Crippen LogP contribution in [0.25, 0.3) is 10.9 Å². The minimum atomic E-state index is -0.0746. The second-order valence-corrected chi connectivity index (χ2v) is 5.91. The van der Waals surface area contributed by atoms with Crippen molar-refractivity contribution < 1.29 is 9.53 Å². The number of aromatic nitrogens is 1. The summed E-state index contributed by atoms with van der Waals surface area (Å²) in [6.07, 6.45) is 0. The number of hydrogen-bond donors (Lipinski definition) is 0. The van der Waals surface area contributed by atoms with Gasteiger partial charge in [0.25, 0.3) is 0 Å². The zero-order valence-electron chi connectivity index (χ0n) is 12.0. The maximum absolute atomic E-state index is 11.7. The maximum Gasteiger partial charge on any atom is 0.178 e. The molecule has 0 amide bonds. The zero-order chi connectivity index (χ0) is 15.5. The van der Waals surface area contributed by atoms with Crippen LogP contribution in [-0.4, -0.2) is 10.8 Å². The zero-order valence-corrected chi connectivity index (χ0v) is 13.6. The fraction of sp³-hybridized carbons (Fsp3) is 0.111. The molecular formula is C18H14BrNO2. The van der Waals surface area contributed by atoms with Gasteiger partial charge in [0, 0.05) is 22.8 Å². The minimum Gasteiger partial charge on any atom is -0.488 e. The number of benzene rings is 2. The Kier molecular flexibility index (Phi) is 4.20. The average Bonchev–Trinajstić information content (AvgIpc) is 2.53. The van der Waals surface area contributed by atoms with Crippen molar-refractivity contribution in [2.24, 2.45) is 0 Å². The number of ether oxygens (including phenoxy) is 1. The van der Waals surface area contributed by atoms with Gasteiger partial charge < -0.3 is 4.74 Å². The van der Waals surface area contributed by atoms with Crippen LogP contribution < -0.4 is 4.74 Å². The van der Waals surface area contributed by atoms with Crippen LogP contribution >= 0.6 is 15.9 Å². The van der Waals surface area contributed by atoms with Crippen LogP contribution in [0.4, 0.5) is 0 Å². The number of rotatable bonds is 4. The van der Waals surface area contributed by atoms with Crippen molar-refractivity contribution in [2.75, 3.05) is 0 Å². The van der Waals surface area contributed by atoms with Crippen molar-refractivity contribution in [3.05, 3.63) is 70.3 Å². The van der Waals surface area contributed by atoms with Crippen molar-refractivity contribution >= 4 is 32.6 Å². The molecule has 0 N–H and O–H groups in total. The molecule has 0 unspecified atom stereocenters. The van der Waals surface area contributed by atoms with Gasteiger partial charge in [-0.15, -0.1) is 0 Å². The molecule has 0 saturated carbocycles. The van der Waals surface area contributed by atoms with Crippen molar-refractivity contribution in [2.45, 2.75) is 13.5 Å². The molecule has 0 radical (unpaired) electrons. The van der Waals surface area contributed by atoms with Crippen molar-refractivity contribution in [3.63, 3.8) is 0 Å². The molecule has 0 saturated heterocycles. The van der Waals surface area contributed by atoms with Crippen LogP contribution in [-0.2, 0) is 6.61 Å². The summed E-state index contributed by atoms with van der Waals surface area (Å²) in [4.78, 5) is 16.0. The summed E-state index contributed by atoms with van der Waals surface area (Å²) >= 11 is 3.46. The molecule has 0 aliphatic rings. The molecule has 0 aliphatic carbocycles. The van der Waals surface area contributed by atoms with E-state index in [0.717, 1.165) is 20.9 Å². The van der Waals surface area contributed by atoms with Crippen LogP contribution in [0.3, 0.4) is 0 Å². The first-order valence-corrected chi connectivity index (χ1v) is 7.71. The quantitative estimate of drug-likeness (QED) is 0.632. The number of ketones is 1. The van der Waals surface area contributed by atoms with E-state index in [4.69, 9.17) is 4.74 Å². The molecule has 0 spiro atoms. The van der Waals surface area contributed by atoms with E-state index in [0.29, 0.717) is 18.1 Å². The standard InChI is InChI=1S/C18H14BrNO2/c1-12(21)17-10-18(22-11-13-5-3-2-4-6-13)15-9-14(19)7-8-16(15)20-17/h2-10H,11H2,1H3. The van der Waals surface area contributed by atoms with Gasteiger partial charge in [-0.05, 0) is 23.8 Å². The van der Waals surface area contributed by atoms with Crippen LogP contribution in [0.1, 0.15) is 23.0 Å². The van der Waals surface area contributed by atoms with E-state index in [-0.39, 0.29) is 5.78 Å². The number of nitrogens with zero attached hydrogens (tertiary/aromatic N) is 1. The lowest BCUT2D eigenvalue weighted by atomic mass is 10.1. The first-order chi connectivity index (χ1) is 10.6. The summed E-state index contributed by atoms with van der Waals surface area (Å²) in [5, 5.41) is 0.885. The van der Waals surface area contributed by atoms with Gasteiger partial charge in [-0.2, -0.15) is 0 Å². The van der Waals surface area contributed by atoms with Gasteiger partial charge in [0.05, 0.1) is 5.52 Å². The van der Waals surface area contributed by atoms with E-state index in [9.17, 15) is 4.79 Å². The van der Waals surface area contributed by atoms with Gasteiger partial charge in [-0.1, -0.05) is 46.3 Å². The summed E-state index contributed by atoms with van der Waals surface area (Å²) in [6.45, 7) is 1.96. The highest BCUT2D eigenvalue weighted by Gasteiger charge is 2.10. The van der Waals surface area contributed by atoms with Gasteiger partial charge >= 0.3 is 0 Å². The lowest BCUT2D eigenvalue weighted by Crippen LogP contribution is -2.01. The van der Waals surface area contributed by atoms with E-state index < -0.39 is 0 Å². The van der Waals surface area contributed by atoms with Crippen LogP contribution in [0.5, 0.6) is 5.75 Å². The Morgan fingerprint density at radius 3 is 2.64 bits per heavy atom. The molecule has 0 atom stereocenters. The van der Waals surface area contributed by atoms with Gasteiger partial charge in [0.2, 0.25) is 0 Å². The molecule has 0 bridgehead atoms. The molecule has 3 rings (SSSR count). The molecule has 0 fully saturated rings. The van der Waals surface area contributed by atoms with Crippen molar-refractivity contribution in [1.29, 1.82) is 0 Å². The normalized spacial score (nSPS) is 10.6. The third-order valence-electron chi connectivity index (χ3n) is 3.33. The Bertz CT molecular complexity index is 831. The molecule has 3 aromatic rings. The predicted octanol–water partition coefficient (Wildman–Crippen LogP) is 4.78. The number of pyridine rings is 1. The molecule has 3 nitrogen and oxygen atoms in total. The Labute approximate surface area is 137 Å². The predicted molar refractivity (Wildman–Crippen MR) is 90.2 cm³/mol. The number of carbonyl (C=O) groups is 1. The molecule has 0 aliphatic heterocycles. The summed E-state index contributed by atoms with van der Waals surface area (Å²) < 4.78 is 6.88. The monoisotopic (exact) mass is 355 g/mol. The summed E-state index contributed by atoms with van der Waals surface area (Å²) in [5.41, 5.74) is 2.24. The lowest BCUT2D eigenvalue weighted by Gasteiger charge is -2.11. The van der Waals surface area contributed by atoms with Crippen molar-refractivity contribution in [1.82, 2.24) is 4.98 Å². The van der Waals surface area contributed by atoms with Crippen molar-refractivity contribution in [3.8, 4) is 5.75 Å². The van der Waals surface area contributed by atoms with E-state index >= 15 is 0 Å². The van der Waals surface area contributed by atoms with E-state index in [1.165, 1.54) is 6.92 Å². The Balaban J connectivity index is 2.02. The largest absolute Gasteiger partial charge is 0.488 e. The van der Waals surface area contributed by atoms with E-state index in [2.05, 4.69) is 20.9 Å². The molecule has 1 aromatic heterocycles. The fourth-order valence-electron chi connectivity index (χ4n) is 2.20. The first kappa shape index (κ1) is 14.7. The lowest BCUT2D eigenvalue weighted by molar-refractivity contribution is 0.101. The summed E-state index contributed by atoms with van der Waals surface area (Å²) in [7, 11) is 0.